The summed E-state index contributed by atoms with van der Waals surface area (Å²) in [6.45, 7) is 11.0. The fraction of sp³-hybridized carbons (Fsp3) is 0.647. The van der Waals surface area contributed by atoms with Gasteiger partial charge in [0.2, 0.25) is 0 Å². The molecule has 0 aliphatic heterocycles. The minimum Gasteiger partial charge on any atom is -0.462 e. The van der Waals surface area contributed by atoms with Gasteiger partial charge in [0.15, 0.2) is 6.29 Å². The van der Waals surface area contributed by atoms with Crippen LogP contribution < -0.4 is 0 Å². The van der Waals surface area contributed by atoms with E-state index in [0.717, 1.165) is 25.7 Å². The first-order valence-corrected chi connectivity index (χ1v) is 7.75. The van der Waals surface area contributed by atoms with Crippen molar-refractivity contribution in [2.45, 2.75) is 59.7 Å². The van der Waals surface area contributed by atoms with E-state index in [1.165, 1.54) is 13.0 Å². The minimum atomic E-state index is -1.21. The SMILES string of the molecule is C=C(/C=C(\C)C(=O)OCC(CC)CCCC)C(=O)OC(C)O. The summed E-state index contributed by atoms with van der Waals surface area (Å²) in [6.07, 6.45) is 4.33. The van der Waals surface area contributed by atoms with Crippen molar-refractivity contribution < 1.29 is 24.2 Å². The van der Waals surface area contributed by atoms with Crippen LogP contribution >= 0.6 is 0 Å². The molecule has 0 aliphatic rings. The van der Waals surface area contributed by atoms with Gasteiger partial charge in [0.1, 0.15) is 0 Å². The first kappa shape index (κ1) is 20.4. The molecule has 0 bridgehead atoms. The van der Waals surface area contributed by atoms with Crippen LogP contribution in [0.15, 0.2) is 23.8 Å². The maximum Gasteiger partial charge on any atom is 0.339 e. The zero-order chi connectivity index (χ0) is 17.1. The minimum absolute atomic E-state index is 0.00613. The molecule has 22 heavy (non-hydrogen) atoms. The highest BCUT2D eigenvalue weighted by atomic mass is 16.6. The molecule has 0 fully saturated rings. The Kier molecular flexibility index (Phi) is 10.2. The van der Waals surface area contributed by atoms with Gasteiger partial charge in [-0.25, -0.2) is 9.59 Å². The number of unbranched alkanes of at least 4 members (excludes halogenated alkanes) is 1. The Bertz CT molecular complexity index is 409. The van der Waals surface area contributed by atoms with E-state index in [-0.39, 0.29) is 11.1 Å². The van der Waals surface area contributed by atoms with E-state index in [9.17, 15) is 9.59 Å². The van der Waals surface area contributed by atoms with Crippen molar-refractivity contribution in [1.82, 2.24) is 0 Å². The number of carbonyl (C=O) groups is 2. The third-order valence-electron chi connectivity index (χ3n) is 3.25. The average Bonchev–Trinajstić information content (AvgIpc) is 2.46. The van der Waals surface area contributed by atoms with Gasteiger partial charge < -0.3 is 14.6 Å². The molecule has 0 aromatic rings. The van der Waals surface area contributed by atoms with E-state index < -0.39 is 18.2 Å². The monoisotopic (exact) mass is 312 g/mol. The normalized spacial score (nSPS) is 14.1. The number of esters is 2. The van der Waals surface area contributed by atoms with Crippen molar-refractivity contribution >= 4 is 11.9 Å². The molecular formula is C17H28O5. The van der Waals surface area contributed by atoms with Crippen molar-refractivity contribution in [1.29, 1.82) is 0 Å². The fourth-order valence-electron chi connectivity index (χ4n) is 1.82. The lowest BCUT2D eigenvalue weighted by molar-refractivity contribution is -0.159. The van der Waals surface area contributed by atoms with Gasteiger partial charge in [0.05, 0.1) is 12.2 Å². The molecule has 0 amide bonds. The quantitative estimate of drug-likeness (QED) is 0.290. The number of hydrogen-bond donors (Lipinski definition) is 1. The van der Waals surface area contributed by atoms with Crippen LogP contribution in [0, 0.1) is 5.92 Å². The standard InChI is InChI=1S/C17H28O5/c1-6-8-9-15(7-2)11-21-16(19)12(3)10-13(4)17(20)22-14(5)18/h10,14-15,18H,4,6-9,11H2,1-3,5H3/b12-10+. The van der Waals surface area contributed by atoms with Gasteiger partial charge in [-0.3, -0.25) is 0 Å². The van der Waals surface area contributed by atoms with Crippen LogP contribution in [0.4, 0.5) is 0 Å². The van der Waals surface area contributed by atoms with Crippen LogP contribution in [-0.2, 0) is 19.1 Å². The van der Waals surface area contributed by atoms with Gasteiger partial charge in [-0.05, 0) is 32.3 Å². The first-order chi connectivity index (χ1) is 10.3. The Morgan fingerprint density at radius 2 is 1.91 bits per heavy atom. The molecule has 0 rings (SSSR count). The molecule has 126 valence electrons. The first-order valence-electron chi connectivity index (χ1n) is 7.75. The van der Waals surface area contributed by atoms with E-state index in [1.807, 2.05) is 0 Å². The van der Waals surface area contributed by atoms with Gasteiger partial charge in [-0.15, -0.1) is 0 Å². The predicted molar refractivity (Wildman–Crippen MR) is 84.9 cm³/mol. The highest BCUT2D eigenvalue weighted by Gasteiger charge is 2.14. The Hall–Kier alpha value is -1.62. The van der Waals surface area contributed by atoms with E-state index >= 15 is 0 Å². The van der Waals surface area contributed by atoms with Crippen LogP contribution in [0.3, 0.4) is 0 Å². The van der Waals surface area contributed by atoms with Crippen LogP contribution in [0.25, 0.3) is 0 Å². The number of hydrogen-bond acceptors (Lipinski definition) is 5. The Labute approximate surface area is 133 Å². The highest BCUT2D eigenvalue weighted by molar-refractivity contribution is 5.95. The largest absolute Gasteiger partial charge is 0.462 e. The molecule has 5 heteroatoms. The van der Waals surface area contributed by atoms with Gasteiger partial charge in [0, 0.05) is 5.57 Å². The number of aliphatic hydroxyl groups excluding tert-OH is 1. The molecule has 5 nitrogen and oxygen atoms in total. The van der Waals surface area contributed by atoms with Gasteiger partial charge in [0.25, 0.3) is 0 Å². The summed E-state index contributed by atoms with van der Waals surface area (Å²) < 4.78 is 9.84. The van der Waals surface area contributed by atoms with Crippen molar-refractivity contribution in [3.8, 4) is 0 Å². The summed E-state index contributed by atoms with van der Waals surface area (Å²) in [4.78, 5) is 23.3. The third-order valence-corrected chi connectivity index (χ3v) is 3.25. The molecule has 0 aliphatic carbocycles. The lowest BCUT2D eigenvalue weighted by Crippen LogP contribution is -2.16. The average molecular weight is 312 g/mol. The molecule has 0 radical (unpaired) electrons. The van der Waals surface area contributed by atoms with E-state index in [1.54, 1.807) is 6.92 Å². The lowest BCUT2D eigenvalue weighted by Gasteiger charge is -2.14. The van der Waals surface area contributed by atoms with Gasteiger partial charge >= 0.3 is 11.9 Å². The lowest BCUT2D eigenvalue weighted by atomic mass is 10.0. The van der Waals surface area contributed by atoms with Gasteiger partial charge in [-0.2, -0.15) is 0 Å². The van der Waals surface area contributed by atoms with Crippen LogP contribution in [0.5, 0.6) is 0 Å². The van der Waals surface area contributed by atoms with Crippen molar-refractivity contribution in [3.63, 3.8) is 0 Å². The Balaban J connectivity index is 4.43. The molecule has 0 heterocycles. The van der Waals surface area contributed by atoms with Crippen LogP contribution in [0.2, 0.25) is 0 Å². The summed E-state index contributed by atoms with van der Waals surface area (Å²) in [6, 6.07) is 0. The van der Waals surface area contributed by atoms with E-state index in [0.29, 0.717) is 12.5 Å². The summed E-state index contributed by atoms with van der Waals surface area (Å²) in [5.74, 6) is -0.877. The van der Waals surface area contributed by atoms with E-state index in [4.69, 9.17) is 9.84 Å². The number of ether oxygens (including phenoxy) is 2. The second-order valence-electron chi connectivity index (χ2n) is 5.37. The summed E-state index contributed by atoms with van der Waals surface area (Å²) in [7, 11) is 0. The second kappa shape index (κ2) is 11.0. The molecule has 0 spiro atoms. The number of rotatable bonds is 10. The summed E-state index contributed by atoms with van der Waals surface area (Å²) in [5.41, 5.74) is 0.270. The molecule has 0 aromatic carbocycles. The predicted octanol–water partition coefficient (Wildman–Crippen LogP) is 3.13. The smallest absolute Gasteiger partial charge is 0.339 e. The molecule has 0 aromatic heterocycles. The van der Waals surface area contributed by atoms with Crippen LogP contribution in [-0.4, -0.2) is 29.9 Å². The second-order valence-corrected chi connectivity index (χ2v) is 5.37. The van der Waals surface area contributed by atoms with Crippen molar-refractivity contribution in [2.24, 2.45) is 5.92 Å². The highest BCUT2D eigenvalue weighted by Crippen LogP contribution is 2.14. The maximum atomic E-state index is 11.9. The summed E-state index contributed by atoms with van der Waals surface area (Å²) >= 11 is 0. The Morgan fingerprint density at radius 3 is 2.41 bits per heavy atom. The molecule has 2 unspecified atom stereocenters. The zero-order valence-electron chi connectivity index (χ0n) is 14.1. The Morgan fingerprint density at radius 1 is 1.27 bits per heavy atom. The molecular weight excluding hydrogens is 284 g/mol. The zero-order valence-corrected chi connectivity index (χ0v) is 14.1. The fourth-order valence-corrected chi connectivity index (χ4v) is 1.82. The number of carbonyl (C=O) groups excluding carboxylic acids is 2. The van der Waals surface area contributed by atoms with Gasteiger partial charge in [-0.1, -0.05) is 39.7 Å². The van der Waals surface area contributed by atoms with Crippen molar-refractivity contribution in [2.75, 3.05) is 6.61 Å². The van der Waals surface area contributed by atoms with Crippen molar-refractivity contribution in [3.05, 3.63) is 23.8 Å². The molecule has 2 atom stereocenters. The molecule has 0 saturated carbocycles. The molecule has 0 saturated heterocycles. The van der Waals surface area contributed by atoms with E-state index in [2.05, 4.69) is 25.2 Å². The maximum absolute atomic E-state index is 11.9. The van der Waals surface area contributed by atoms with Crippen LogP contribution in [0.1, 0.15) is 53.4 Å². The third kappa shape index (κ3) is 8.62. The molecule has 1 N–H and O–H groups in total. The topological polar surface area (TPSA) is 72.8 Å². The summed E-state index contributed by atoms with van der Waals surface area (Å²) in [5, 5.41) is 8.96. The number of aliphatic hydroxyl groups is 1.